The first-order chi connectivity index (χ1) is 17.2. The normalized spacial score (nSPS) is 11.6. The molecule has 0 amide bonds. The van der Waals surface area contributed by atoms with Crippen LogP contribution in [0.15, 0.2) is 91.3 Å². The number of benzene rings is 3. The number of hydrogen-bond acceptors (Lipinski definition) is 3. The van der Waals surface area contributed by atoms with Gasteiger partial charge in [0.1, 0.15) is 11.4 Å². The van der Waals surface area contributed by atoms with Crippen LogP contribution >= 0.6 is 0 Å². The molecular formula is C28H19F3N2O3. The van der Waals surface area contributed by atoms with Crippen LogP contribution in [0.3, 0.4) is 0 Å². The molecule has 0 radical (unpaired) electrons. The molecule has 180 valence electrons. The maximum absolute atomic E-state index is 13.1. The van der Waals surface area contributed by atoms with Crippen LogP contribution in [0.2, 0.25) is 0 Å². The predicted octanol–water partition coefficient (Wildman–Crippen LogP) is 7.09. The second-order valence-electron chi connectivity index (χ2n) is 8.16. The van der Waals surface area contributed by atoms with Gasteiger partial charge in [-0.3, -0.25) is 0 Å². The van der Waals surface area contributed by atoms with Crippen LogP contribution in [-0.2, 0) is 6.18 Å². The summed E-state index contributed by atoms with van der Waals surface area (Å²) in [5, 5.41) is 9.91. The van der Waals surface area contributed by atoms with E-state index < -0.39 is 17.7 Å². The highest BCUT2D eigenvalue weighted by Gasteiger charge is 2.30. The number of rotatable bonds is 5. The molecule has 3 aromatic carbocycles. The smallest absolute Gasteiger partial charge is 0.416 e. The van der Waals surface area contributed by atoms with Gasteiger partial charge in [-0.05, 0) is 65.7 Å². The summed E-state index contributed by atoms with van der Waals surface area (Å²) >= 11 is 0. The molecule has 2 aromatic heterocycles. The van der Waals surface area contributed by atoms with Crippen molar-refractivity contribution in [3.05, 3.63) is 102 Å². The SMILES string of the molecule is COc1ccc(-n2cc(-c3ccc(C(F)(F)F)cc3)c3cc(-c4ccc(C(=O)O)cc4)cnc32)cc1. The van der Waals surface area contributed by atoms with E-state index in [0.717, 1.165) is 34.3 Å². The van der Waals surface area contributed by atoms with Crippen molar-refractivity contribution in [2.75, 3.05) is 7.11 Å². The number of methoxy groups -OCH3 is 1. The van der Waals surface area contributed by atoms with Gasteiger partial charge in [-0.25, -0.2) is 9.78 Å². The van der Waals surface area contributed by atoms with Gasteiger partial charge in [-0.15, -0.1) is 0 Å². The Morgan fingerprint density at radius 3 is 2.11 bits per heavy atom. The summed E-state index contributed by atoms with van der Waals surface area (Å²) in [4.78, 5) is 15.9. The largest absolute Gasteiger partial charge is 0.497 e. The lowest BCUT2D eigenvalue weighted by atomic mass is 10.0. The van der Waals surface area contributed by atoms with Crippen LogP contribution in [0.1, 0.15) is 15.9 Å². The first-order valence-electron chi connectivity index (χ1n) is 10.9. The minimum atomic E-state index is -4.42. The molecule has 0 unspecified atom stereocenters. The van der Waals surface area contributed by atoms with Crippen molar-refractivity contribution >= 4 is 17.0 Å². The van der Waals surface area contributed by atoms with Crippen molar-refractivity contribution in [1.29, 1.82) is 0 Å². The van der Waals surface area contributed by atoms with Crippen molar-refractivity contribution in [3.63, 3.8) is 0 Å². The van der Waals surface area contributed by atoms with Gasteiger partial charge in [0.2, 0.25) is 0 Å². The Morgan fingerprint density at radius 2 is 1.53 bits per heavy atom. The highest BCUT2D eigenvalue weighted by Crippen LogP contribution is 2.36. The first-order valence-corrected chi connectivity index (χ1v) is 10.9. The number of alkyl halides is 3. The Kier molecular flexibility index (Phi) is 5.72. The second-order valence-corrected chi connectivity index (χ2v) is 8.16. The van der Waals surface area contributed by atoms with Crippen LogP contribution < -0.4 is 4.74 Å². The van der Waals surface area contributed by atoms with E-state index in [0.29, 0.717) is 22.5 Å². The number of carboxylic acids is 1. The lowest BCUT2D eigenvalue weighted by Gasteiger charge is -2.08. The highest BCUT2D eigenvalue weighted by atomic mass is 19.4. The number of pyridine rings is 1. The molecule has 1 N–H and O–H groups in total. The molecular weight excluding hydrogens is 469 g/mol. The van der Waals surface area contributed by atoms with Gasteiger partial charge in [-0.2, -0.15) is 13.2 Å². The third-order valence-electron chi connectivity index (χ3n) is 5.98. The second kappa shape index (κ2) is 8.88. The quantitative estimate of drug-likeness (QED) is 0.287. The van der Waals surface area contributed by atoms with Crippen LogP contribution in [0, 0.1) is 0 Å². The molecule has 5 aromatic rings. The molecule has 0 aliphatic rings. The lowest BCUT2D eigenvalue weighted by Crippen LogP contribution is -2.03. The standard InChI is InChI=1S/C28H19F3N2O3/c1-36-23-12-10-22(11-13-23)33-16-25(18-6-8-21(9-7-18)28(29,30)31)24-14-20(15-32-26(24)33)17-2-4-19(5-3-17)27(34)35/h2-16H,1H3,(H,34,35). The van der Waals surface area contributed by atoms with E-state index >= 15 is 0 Å². The number of aromatic carboxylic acids is 1. The van der Waals surface area contributed by atoms with E-state index in [9.17, 15) is 23.1 Å². The van der Waals surface area contributed by atoms with Crippen molar-refractivity contribution in [1.82, 2.24) is 9.55 Å². The van der Waals surface area contributed by atoms with E-state index in [4.69, 9.17) is 4.74 Å². The van der Waals surface area contributed by atoms with Gasteiger partial charge >= 0.3 is 12.1 Å². The number of nitrogens with zero attached hydrogens (tertiary/aromatic N) is 2. The Bertz CT molecular complexity index is 1550. The van der Waals surface area contributed by atoms with Crippen molar-refractivity contribution in [2.45, 2.75) is 6.18 Å². The number of hydrogen-bond donors (Lipinski definition) is 1. The monoisotopic (exact) mass is 488 g/mol. The van der Waals surface area contributed by atoms with E-state index in [-0.39, 0.29) is 5.56 Å². The summed E-state index contributed by atoms with van der Waals surface area (Å²) in [5.74, 6) is -0.325. The van der Waals surface area contributed by atoms with Crippen LogP contribution in [0.25, 0.3) is 39.0 Å². The zero-order valence-corrected chi connectivity index (χ0v) is 19.0. The van der Waals surface area contributed by atoms with Crippen molar-refractivity contribution < 1.29 is 27.8 Å². The average molecular weight is 488 g/mol. The van der Waals surface area contributed by atoms with E-state index in [2.05, 4.69) is 4.98 Å². The third kappa shape index (κ3) is 4.29. The average Bonchev–Trinajstić information content (AvgIpc) is 3.27. The number of carbonyl (C=O) groups is 1. The van der Waals surface area contributed by atoms with E-state index in [1.54, 1.807) is 25.4 Å². The maximum atomic E-state index is 13.1. The van der Waals surface area contributed by atoms with Gasteiger partial charge < -0.3 is 14.4 Å². The Labute approximate surface area is 204 Å². The van der Waals surface area contributed by atoms with E-state index in [1.165, 1.54) is 24.3 Å². The van der Waals surface area contributed by atoms with Gasteiger partial charge in [-0.1, -0.05) is 24.3 Å². The number of aromatic nitrogens is 2. The molecule has 5 rings (SSSR count). The summed E-state index contributed by atoms with van der Waals surface area (Å²) < 4.78 is 46.5. The maximum Gasteiger partial charge on any atom is 0.416 e. The van der Waals surface area contributed by atoms with Crippen LogP contribution in [-0.4, -0.2) is 27.7 Å². The molecule has 0 fully saturated rings. The Balaban J connectivity index is 1.67. The number of ether oxygens (including phenoxy) is 1. The summed E-state index contributed by atoms with van der Waals surface area (Å²) in [7, 11) is 1.58. The number of fused-ring (bicyclic) bond motifs is 1. The minimum absolute atomic E-state index is 0.170. The summed E-state index contributed by atoms with van der Waals surface area (Å²) in [6.45, 7) is 0. The highest BCUT2D eigenvalue weighted by molar-refractivity contribution is 5.97. The molecule has 8 heteroatoms. The van der Waals surface area contributed by atoms with Gasteiger partial charge in [0, 0.05) is 34.6 Å². The molecule has 2 heterocycles. The number of carboxylic acid groups (broad SMARTS) is 1. The molecule has 0 bridgehead atoms. The van der Waals surface area contributed by atoms with Gasteiger partial charge in [0.05, 0.1) is 18.2 Å². The number of halogens is 3. The Hall–Kier alpha value is -4.59. The first kappa shape index (κ1) is 23.2. The lowest BCUT2D eigenvalue weighted by molar-refractivity contribution is -0.137. The zero-order valence-electron chi connectivity index (χ0n) is 19.0. The molecule has 0 spiro atoms. The van der Waals surface area contributed by atoms with Crippen molar-refractivity contribution in [3.8, 4) is 33.7 Å². The fourth-order valence-electron chi connectivity index (χ4n) is 4.08. The van der Waals surface area contributed by atoms with Gasteiger partial charge in [0.25, 0.3) is 0 Å². The molecule has 5 nitrogen and oxygen atoms in total. The van der Waals surface area contributed by atoms with Crippen LogP contribution in [0.4, 0.5) is 13.2 Å². The van der Waals surface area contributed by atoms with Crippen LogP contribution in [0.5, 0.6) is 5.75 Å². The fraction of sp³-hybridized carbons (Fsp3) is 0.0714. The summed E-state index contributed by atoms with van der Waals surface area (Å²) in [6.07, 6.45) is -0.888. The topological polar surface area (TPSA) is 64.3 Å². The predicted molar refractivity (Wildman–Crippen MR) is 130 cm³/mol. The molecule has 0 saturated heterocycles. The van der Waals surface area contributed by atoms with E-state index in [1.807, 2.05) is 41.1 Å². The summed E-state index contributed by atoms with van der Waals surface area (Å²) in [6, 6.07) is 20.7. The third-order valence-corrected chi connectivity index (χ3v) is 5.98. The molecule has 36 heavy (non-hydrogen) atoms. The zero-order chi connectivity index (χ0) is 25.4. The summed E-state index contributed by atoms with van der Waals surface area (Å²) in [5.41, 5.74) is 3.73. The molecule has 0 aliphatic heterocycles. The Morgan fingerprint density at radius 1 is 0.889 bits per heavy atom. The fourth-order valence-corrected chi connectivity index (χ4v) is 4.08. The minimum Gasteiger partial charge on any atom is -0.497 e. The van der Waals surface area contributed by atoms with Gasteiger partial charge in [0.15, 0.2) is 0 Å². The van der Waals surface area contributed by atoms with Crippen molar-refractivity contribution in [2.24, 2.45) is 0 Å². The molecule has 0 aliphatic carbocycles. The molecule has 0 atom stereocenters. The molecule has 0 saturated carbocycles.